The fourth-order valence-corrected chi connectivity index (χ4v) is 4.27. The summed E-state index contributed by atoms with van der Waals surface area (Å²) in [5.41, 5.74) is 0. The van der Waals surface area contributed by atoms with E-state index in [0.717, 1.165) is 24.9 Å². The van der Waals surface area contributed by atoms with Crippen molar-refractivity contribution in [1.82, 2.24) is 10.2 Å². The van der Waals surface area contributed by atoms with Crippen LogP contribution in [0.25, 0.3) is 0 Å². The Bertz CT molecular complexity index is 297. The molecule has 3 nitrogen and oxygen atoms in total. The third-order valence-electron chi connectivity index (χ3n) is 5.95. The van der Waals surface area contributed by atoms with Crippen molar-refractivity contribution < 1.29 is 5.11 Å². The molecule has 116 valence electrons. The van der Waals surface area contributed by atoms with Gasteiger partial charge in [-0.2, -0.15) is 0 Å². The molecule has 0 aromatic carbocycles. The maximum absolute atomic E-state index is 10.0. The Hall–Kier alpha value is -0.120. The molecule has 0 spiro atoms. The minimum Gasteiger partial charge on any atom is -0.393 e. The average molecular weight is 280 g/mol. The largest absolute Gasteiger partial charge is 0.393 e. The van der Waals surface area contributed by atoms with E-state index in [-0.39, 0.29) is 6.10 Å². The van der Waals surface area contributed by atoms with Crippen LogP contribution in [-0.2, 0) is 0 Å². The molecule has 1 heterocycles. The quantitative estimate of drug-likeness (QED) is 0.812. The second-order valence-corrected chi connectivity index (χ2v) is 7.53. The summed E-state index contributed by atoms with van der Waals surface area (Å²) in [6, 6.07) is 1.41. The highest BCUT2D eigenvalue weighted by molar-refractivity contribution is 4.91. The lowest BCUT2D eigenvalue weighted by Gasteiger charge is -2.46. The first kappa shape index (κ1) is 14.8. The number of aliphatic hydroxyl groups excluding tert-OH is 1. The normalized spacial score (nSPS) is 35.1. The van der Waals surface area contributed by atoms with Crippen LogP contribution >= 0.6 is 0 Å². The second kappa shape index (κ2) is 6.76. The van der Waals surface area contributed by atoms with Crippen LogP contribution < -0.4 is 5.32 Å². The summed E-state index contributed by atoms with van der Waals surface area (Å²) < 4.78 is 0. The molecule has 0 bridgehead atoms. The van der Waals surface area contributed by atoms with E-state index in [2.05, 4.69) is 10.2 Å². The summed E-state index contributed by atoms with van der Waals surface area (Å²) in [7, 11) is 0. The van der Waals surface area contributed by atoms with Gasteiger partial charge in [-0.25, -0.2) is 0 Å². The highest BCUT2D eigenvalue weighted by Gasteiger charge is 2.35. The molecule has 3 atom stereocenters. The number of rotatable bonds is 5. The molecule has 0 amide bonds. The fraction of sp³-hybridized carbons (Fsp3) is 1.00. The molecule has 2 N–H and O–H groups in total. The van der Waals surface area contributed by atoms with Gasteiger partial charge in [0, 0.05) is 25.2 Å². The SMILES string of the molecule is CC(O)C1CC(NCC2CCCC2)CN(C2CCC2)C1. The zero-order chi connectivity index (χ0) is 13.9. The maximum atomic E-state index is 10.0. The number of nitrogens with one attached hydrogen (secondary N) is 1. The minimum atomic E-state index is -0.159. The number of nitrogens with zero attached hydrogens (tertiary/aromatic N) is 1. The van der Waals surface area contributed by atoms with Gasteiger partial charge in [0.25, 0.3) is 0 Å². The van der Waals surface area contributed by atoms with Crippen molar-refractivity contribution in [2.45, 2.75) is 76.5 Å². The Labute approximate surface area is 124 Å². The molecule has 0 aromatic rings. The first-order valence-electron chi connectivity index (χ1n) is 8.88. The lowest BCUT2D eigenvalue weighted by molar-refractivity contribution is 0.0101. The third-order valence-corrected chi connectivity index (χ3v) is 5.95. The van der Waals surface area contributed by atoms with Gasteiger partial charge in [-0.05, 0) is 57.4 Å². The third kappa shape index (κ3) is 3.55. The Morgan fingerprint density at radius 1 is 1.10 bits per heavy atom. The monoisotopic (exact) mass is 280 g/mol. The molecule has 3 fully saturated rings. The van der Waals surface area contributed by atoms with E-state index >= 15 is 0 Å². The number of hydrogen-bond acceptors (Lipinski definition) is 3. The average Bonchev–Trinajstić information content (AvgIpc) is 2.87. The second-order valence-electron chi connectivity index (χ2n) is 7.53. The number of aliphatic hydroxyl groups is 1. The van der Waals surface area contributed by atoms with Crippen molar-refractivity contribution in [1.29, 1.82) is 0 Å². The molecule has 1 saturated heterocycles. The van der Waals surface area contributed by atoms with Gasteiger partial charge in [0.2, 0.25) is 0 Å². The molecule has 0 aromatic heterocycles. The van der Waals surface area contributed by atoms with Crippen LogP contribution in [0.2, 0.25) is 0 Å². The van der Waals surface area contributed by atoms with E-state index in [1.807, 2.05) is 6.92 Å². The van der Waals surface area contributed by atoms with Crippen LogP contribution in [-0.4, -0.2) is 47.8 Å². The molecular formula is C17H32N2O. The van der Waals surface area contributed by atoms with Crippen molar-refractivity contribution in [2.24, 2.45) is 11.8 Å². The smallest absolute Gasteiger partial charge is 0.0553 e. The molecule has 3 unspecified atom stereocenters. The first-order valence-corrected chi connectivity index (χ1v) is 8.88. The van der Waals surface area contributed by atoms with E-state index in [9.17, 15) is 5.11 Å². The summed E-state index contributed by atoms with van der Waals surface area (Å²) in [4.78, 5) is 2.66. The predicted molar refractivity (Wildman–Crippen MR) is 82.7 cm³/mol. The van der Waals surface area contributed by atoms with E-state index in [0.29, 0.717) is 12.0 Å². The molecule has 2 aliphatic carbocycles. The molecule has 2 saturated carbocycles. The molecule has 1 aliphatic heterocycles. The van der Waals surface area contributed by atoms with Crippen LogP contribution in [0.5, 0.6) is 0 Å². The Balaban J connectivity index is 1.51. The van der Waals surface area contributed by atoms with Crippen LogP contribution in [0, 0.1) is 11.8 Å². The molecule has 3 aliphatic rings. The van der Waals surface area contributed by atoms with Crippen LogP contribution in [0.4, 0.5) is 0 Å². The van der Waals surface area contributed by atoms with Crippen LogP contribution in [0.15, 0.2) is 0 Å². The number of hydrogen-bond donors (Lipinski definition) is 2. The van der Waals surface area contributed by atoms with E-state index < -0.39 is 0 Å². The van der Waals surface area contributed by atoms with Gasteiger partial charge in [0.1, 0.15) is 0 Å². The van der Waals surface area contributed by atoms with Crippen LogP contribution in [0.1, 0.15) is 58.3 Å². The topological polar surface area (TPSA) is 35.5 Å². The molecule has 0 radical (unpaired) electrons. The van der Waals surface area contributed by atoms with Gasteiger partial charge in [0.05, 0.1) is 6.10 Å². The van der Waals surface area contributed by atoms with Gasteiger partial charge in [-0.3, -0.25) is 4.90 Å². The van der Waals surface area contributed by atoms with Crippen molar-refractivity contribution in [3.63, 3.8) is 0 Å². The summed E-state index contributed by atoms with van der Waals surface area (Å²) in [5.74, 6) is 1.38. The summed E-state index contributed by atoms with van der Waals surface area (Å²) in [6.07, 6.45) is 10.9. The summed E-state index contributed by atoms with van der Waals surface area (Å²) in [5, 5.41) is 13.8. The Morgan fingerprint density at radius 2 is 1.85 bits per heavy atom. The van der Waals surface area contributed by atoms with Gasteiger partial charge in [0.15, 0.2) is 0 Å². The summed E-state index contributed by atoms with van der Waals surface area (Å²) >= 11 is 0. The van der Waals surface area contributed by atoms with Gasteiger partial charge >= 0.3 is 0 Å². The maximum Gasteiger partial charge on any atom is 0.0553 e. The number of likely N-dealkylation sites (tertiary alicyclic amines) is 1. The standard InChI is InChI=1S/C17H32N2O/c1-13(20)15-9-16(18-10-14-5-2-3-6-14)12-19(11-15)17-7-4-8-17/h13-18,20H,2-12H2,1H3. The molecule has 3 rings (SSSR count). The van der Waals surface area contributed by atoms with E-state index in [1.54, 1.807) is 0 Å². The van der Waals surface area contributed by atoms with Crippen molar-refractivity contribution >= 4 is 0 Å². The van der Waals surface area contributed by atoms with E-state index in [1.165, 1.54) is 58.0 Å². The van der Waals surface area contributed by atoms with E-state index in [4.69, 9.17) is 0 Å². The Morgan fingerprint density at radius 3 is 2.45 bits per heavy atom. The molecule has 20 heavy (non-hydrogen) atoms. The van der Waals surface area contributed by atoms with Crippen LogP contribution in [0.3, 0.4) is 0 Å². The Kier molecular flexibility index (Phi) is 5.00. The predicted octanol–water partition coefficient (Wildman–Crippen LogP) is 2.39. The minimum absolute atomic E-state index is 0.159. The van der Waals surface area contributed by atoms with Gasteiger partial charge < -0.3 is 10.4 Å². The lowest BCUT2D eigenvalue weighted by Crippen LogP contribution is -2.56. The van der Waals surface area contributed by atoms with Gasteiger partial charge in [-0.15, -0.1) is 0 Å². The molecular weight excluding hydrogens is 248 g/mol. The number of piperidine rings is 1. The first-order chi connectivity index (χ1) is 9.72. The molecule has 3 heteroatoms. The lowest BCUT2D eigenvalue weighted by atomic mass is 9.84. The summed E-state index contributed by atoms with van der Waals surface area (Å²) in [6.45, 7) is 5.50. The zero-order valence-corrected chi connectivity index (χ0v) is 13.1. The van der Waals surface area contributed by atoms with Crippen molar-refractivity contribution in [2.75, 3.05) is 19.6 Å². The van der Waals surface area contributed by atoms with Gasteiger partial charge in [-0.1, -0.05) is 19.3 Å². The zero-order valence-electron chi connectivity index (χ0n) is 13.1. The fourth-order valence-electron chi connectivity index (χ4n) is 4.27. The highest BCUT2D eigenvalue weighted by atomic mass is 16.3. The highest BCUT2D eigenvalue weighted by Crippen LogP contribution is 2.31. The van der Waals surface area contributed by atoms with Crippen molar-refractivity contribution in [3.8, 4) is 0 Å². The van der Waals surface area contributed by atoms with Crippen molar-refractivity contribution in [3.05, 3.63) is 0 Å².